The maximum atomic E-state index is 12.2. The lowest BCUT2D eigenvalue weighted by Gasteiger charge is -2.22. The molecule has 0 spiro atoms. The van der Waals surface area contributed by atoms with Crippen molar-refractivity contribution < 1.29 is 9.53 Å². The van der Waals surface area contributed by atoms with E-state index in [9.17, 15) is 4.79 Å². The van der Waals surface area contributed by atoms with E-state index in [2.05, 4.69) is 5.32 Å². The molecule has 1 heterocycles. The van der Waals surface area contributed by atoms with E-state index in [0.717, 1.165) is 37.4 Å². The standard InChI is InChI=1S/C15H23N3O2/c1-20-14-7-3-2-6-13(14)17-12(11-16)10-15(19)18-8-4-5-9-18/h2-3,6-7,12,17H,4-5,8-11,16H2,1H3. The molecule has 20 heavy (non-hydrogen) atoms. The maximum Gasteiger partial charge on any atom is 0.224 e. The van der Waals surface area contributed by atoms with Gasteiger partial charge in [0.25, 0.3) is 0 Å². The summed E-state index contributed by atoms with van der Waals surface area (Å²) in [4.78, 5) is 14.1. The summed E-state index contributed by atoms with van der Waals surface area (Å²) in [6, 6.07) is 7.59. The second-order valence-corrected chi connectivity index (χ2v) is 5.07. The van der Waals surface area contributed by atoms with Crippen LogP contribution in [0.4, 0.5) is 5.69 Å². The maximum absolute atomic E-state index is 12.2. The number of rotatable bonds is 6. The highest BCUT2D eigenvalue weighted by molar-refractivity contribution is 5.77. The third kappa shape index (κ3) is 3.63. The number of ether oxygens (including phenoxy) is 1. The van der Waals surface area contributed by atoms with Gasteiger partial charge in [0.05, 0.1) is 12.8 Å². The van der Waals surface area contributed by atoms with Crippen LogP contribution in [0.2, 0.25) is 0 Å². The first-order chi connectivity index (χ1) is 9.74. The fourth-order valence-corrected chi connectivity index (χ4v) is 2.48. The van der Waals surface area contributed by atoms with E-state index in [4.69, 9.17) is 10.5 Å². The Morgan fingerprint density at radius 3 is 2.75 bits per heavy atom. The number of benzene rings is 1. The number of carbonyl (C=O) groups excluding carboxylic acids is 1. The van der Waals surface area contributed by atoms with Crippen LogP contribution in [0.15, 0.2) is 24.3 Å². The SMILES string of the molecule is COc1ccccc1NC(CN)CC(=O)N1CCCC1. The smallest absolute Gasteiger partial charge is 0.224 e. The van der Waals surface area contributed by atoms with Gasteiger partial charge in [0.15, 0.2) is 0 Å². The van der Waals surface area contributed by atoms with Crippen LogP contribution in [0, 0.1) is 0 Å². The van der Waals surface area contributed by atoms with Gasteiger partial charge in [-0.15, -0.1) is 0 Å². The van der Waals surface area contributed by atoms with Crippen molar-refractivity contribution in [1.82, 2.24) is 4.90 Å². The average Bonchev–Trinajstić information content (AvgIpc) is 3.01. The van der Waals surface area contributed by atoms with Gasteiger partial charge in [0.2, 0.25) is 5.91 Å². The van der Waals surface area contributed by atoms with Crippen LogP contribution in [0.25, 0.3) is 0 Å². The zero-order chi connectivity index (χ0) is 14.4. The lowest BCUT2D eigenvalue weighted by atomic mass is 10.1. The summed E-state index contributed by atoms with van der Waals surface area (Å²) in [5, 5.41) is 3.31. The van der Waals surface area contributed by atoms with Crippen LogP contribution in [-0.4, -0.2) is 43.6 Å². The Morgan fingerprint density at radius 1 is 1.40 bits per heavy atom. The van der Waals surface area contributed by atoms with E-state index in [0.29, 0.717) is 13.0 Å². The minimum atomic E-state index is -0.0700. The summed E-state index contributed by atoms with van der Waals surface area (Å²) >= 11 is 0. The van der Waals surface area contributed by atoms with Gasteiger partial charge in [0.1, 0.15) is 5.75 Å². The first-order valence-electron chi connectivity index (χ1n) is 7.12. The fraction of sp³-hybridized carbons (Fsp3) is 0.533. The number of para-hydroxylation sites is 2. The van der Waals surface area contributed by atoms with Crippen molar-refractivity contribution in [2.45, 2.75) is 25.3 Å². The number of amides is 1. The van der Waals surface area contributed by atoms with Gasteiger partial charge in [-0.25, -0.2) is 0 Å². The molecule has 1 aliphatic rings. The number of nitrogens with two attached hydrogens (primary N) is 1. The van der Waals surface area contributed by atoms with Gasteiger partial charge in [-0.2, -0.15) is 0 Å². The van der Waals surface area contributed by atoms with Crippen LogP contribution < -0.4 is 15.8 Å². The topological polar surface area (TPSA) is 67.6 Å². The monoisotopic (exact) mass is 277 g/mol. The molecule has 5 nitrogen and oxygen atoms in total. The summed E-state index contributed by atoms with van der Waals surface area (Å²) in [5.74, 6) is 0.944. The summed E-state index contributed by atoms with van der Waals surface area (Å²) in [6.45, 7) is 2.17. The first kappa shape index (κ1) is 14.7. The van der Waals surface area contributed by atoms with E-state index in [1.54, 1.807) is 7.11 Å². The highest BCUT2D eigenvalue weighted by atomic mass is 16.5. The number of hydrogen-bond acceptors (Lipinski definition) is 4. The number of methoxy groups -OCH3 is 1. The molecule has 0 saturated carbocycles. The molecule has 1 amide bonds. The molecule has 0 bridgehead atoms. The number of nitrogens with one attached hydrogen (secondary N) is 1. The van der Waals surface area contributed by atoms with Crippen LogP contribution in [-0.2, 0) is 4.79 Å². The Hall–Kier alpha value is -1.75. The Balaban J connectivity index is 1.96. The van der Waals surface area contributed by atoms with Crippen LogP contribution in [0.3, 0.4) is 0 Å². The Kier molecular flexibility index (Phi) is 5.24. The molecule has 1 saturated heterocycles. The number of carbonyl (C=O) groups is 1. The van der Waals surface area contributed by atoms with E-state index in [1.165, 1.54) is 0 Å². The lowest BCUT2D eigenvalue weighted by Crippen LogP contribution is -2.37. The predicted octanol–water partition coefficient (Wildman–Crippen LogP) is 1.45. The molecule has 0 radical (unpaired) electrons. The largest absolute Gasteiger partial charge is 0.495 e. The molecule has 1 fully saturated rings. The first-order valence-corrected chi connectivity index (χ1v) is 7.12. The van der Waals surface area contributed by atoms with Crippen molar-refractivity contribution in [3.8, 4) is 5.75 Å². The van der Waals surface area contributed by atoms with Gasteiger partial charge >= 0.3 is 0 Å². The average molecular weight is 277 g/mol. The van der Waals surface area contributed by atoms with Crippen molar-refractivity contribution in [3.05, 3.63) is 24.3 Å². The Morgan fingerprint density at radius 2 is 2.10 bits per heavy atom. The molecule has 1 aliphatic heterocycles. The van der Waals surface area contributed by atoms with E-state index in [1.807, 2.05) is 29.2 Å². The van der Waals surface area contributed by atoms with Gasteiger partial charge in [0, 0.05) is 32.1 Å². The molecule has 0 aliphatic carbocycles. The normalized spacial score (nSPS) is 16.0. The molecule has 2 rings (SSSR count). The zero-order valence-corrected chi connectivity index (χ0v) is 12.0. The van der Waals surface area contributed by atoms with Crippen molar-refractivity contribution >= 4 is 11.6 Å². The summed E-state index contributed by atoms with van der Waals surface area (Å²) < 4.78 is 5.30. The molecule has 1 aromatic rings. The number of anilines is 1. The third-order valence-corrected chi connectivity index (χ3v) is 3.63. The molecule has 0 aromatic heterocycles. The van der Waals surface area contributed by atoms with Crippen molar-refractivity contribution in [2.24, 2.45) is 5.73 Å². The molecule has 1 unspecified atom stereocenters. The molecule has 1 atom stereocenters. The third-order valence-electron chi connectivity index (χ3n) is 3.63. The molecule has 3 N–H and O–H groups in total. The molecule has 1 aromatic carbocycles. The minimum absolute atomic E-state index is 0.0700. The van der Waals surface area contributed by atoms with Crippen LogP contribution in [0.1, 0.15) is 19.3 Å². The number of likely N-dealkylation sites (tertiary alicyclic amines) is 1. The minimum Gasteiger partial charge on any atom is -0.495 e. The number of hydrogen-bond donors (Lipinski definition) is 2. The van der Waals surface area contributed by atoms with Gasteiger partial charge in [-0.1, -0.05) is 12.1 Å². The summed E-state index contributed by atoms with van der Waals surface area (Å²) in [7, 11) is 1.63. The van der Waals surface area contributed by atoms with E-state index >= 15 is 0 Å². The van der Waals surface area contributed by atoms with Crippen LogP contribution >= 0.6 is 0 Å². The van der Waals surface area contributed by atoms with Crippen molar-refractivity contribution in [2.75, 3.05) is 32.1 Å². The second kappa shape index (κ2) is 7.14. The fourth-order valence-electron chi connectivity index (χ4n) is 2.48. The van der Waals surface area contributed by atoms with Gasteiger partial charge < -0.3 is 20.7 Å². The lowest BCUT2D eigenvalue weighted by molar-refractivity contribution is -0.130. The quantitative estimate of drug-likeness (QED) is 0.826. The van der Waals surface area contributed by atoms with Crippen molar-refractivity contribution in [1.29, 1.82) is 0 Å². The predicted molar refractivity (Wildman–Crippen MR) is 79.9 cm³/mol. The second-order valence-electron chi connectivity index (χ2n) is 5.07. The van der Waals surface area contributed by atoms with Crippen LogP contribution in [0.5, 0.6) is 5.75 Å². The van der Waals surface area contributed by atoms with E-state index in [-0.39, 0.29) is 11.9 Å². The highest BCUT2D eigenvalue weighted by Gasteiger charge is 2.21. The van der Waals surface area contributed by atoms with E-state index < -0.39 is 0 Å². The molecular formula is C15H23N3O2. The molecule has 110 valence electrons. The summed E-state index contributed by atoms with van der Waals surface area (Å²) in [6.07, 6.45) is 2.65. The molecular weight excluding hydrogens is 254 g/mol. The van der Waals surface area contributed by atoms with Gasteiger partial charge in [-0.05, 0) is 25.0 Å². The van der Waals surface area contributed by atoms with Gasteiger partial charge in [-0.3, -0.25) is 4.79 Å². The Labute approximate surface area is 120 Å². The highest BCUT2D eigenvalue weighted by Crippen LogP contribution is 2.24. The summed E-state index contributed by atoms with van der Waals surface area (Å²) in [5.41, 5.74) is 6.66. The zero-order valence-electron chi connectivity index (χ0n) is 12.0. The number of nitrogens with zero attached hydrogens (tertiary/aromatic N) is 1. The molecule has 5 heteroatoms. The Bertz CT molecular complexity index is 444. The van der Waals surface area contributed by atoms with Crippen molar-refractivity contribution in [3.63, 3.8) is 0 Å².